The number of benzene rings is 2. The number of anilines is 1. The minimum absolute atomic E-state index is 0.0648. The first-order chi connectivity index (χ1) is 13.9. The molecule has 2 aromatic rings. The van der Waals surface area contributed by atoms with Crippen molar-refractivity contribution < 1.29 is 17.6 Å². The number of carbonyl (C=O) groups is 1. The number of nitrogens with zero attached hydrogens (tertiary/aromatic N) is 1. The van der Waals surface area contributed by atoms with E-state index in [2.05, 4.69) is 11.9 Å². The summed E-state index contributed by atoms with van der Waals surface area (Å²) in [6, 6.07) is 12.4. The van der Waals surface area contributed by atoms with Crippen LogP contribution in [-0.4, -0.2) is 37.5 Å². The third-order valence-corrected chi connectivity index (χ3v) is 7.76. The first-order valence-corrected chi connectivity index (χ1v) is 11.7. The highest BCUT2D eigenvalue weighted by molar-refractivity contribution is 7.99. The predicted octanol–water partition coefficient (Wildman–Crippen LogP) is 4.14. The van der Waals surface area contributed by atoms with E-state index < -0.39 is 15.8 Å². The maximum atomic E-state index is 13.1. The Labute approximate surface area is 175 Å². The van der Waals surface area contributed by atoms with Gasteiger partial charge in [-0.15, -0.1) is 18.3 Å². The summed E-state index contributed by atoms with van der Waals surface area (Å²) in [5.41, 5.74) is 0.755. The molecule has 0 saturated carbocycles. The number of nitrogens with one attached hydrogen (secondary N) is 1. The van der Waals surface area contributed by atoms with Crippen molar-refractivity contribution in [3.63, 3.8) is 0 Å². The van der Waals surface area contributed by atoms with Gasteiger partial charge < -0.3 is 5.32 Å². The smallest absolute Gasteiger partial charge is 0.243 e. The van der Waals surface area contributed by atoms with Crippen LogP contribution in [0.4, 0.5) is 10.1 Å². The summed E-state index contributed by atoms with van der Waals surface area (Å²) in [5.74, 6) is -0.0968. The van der Waals surface area contributed by atoms with Crippen LogP contribution in [0.1, 0.15) is 12.8 Å². The Hall–Kier alpha value is -2.16. The predicted molar refractivity (Wildman–Crippen MR) is 114 cm³/mol. The van der Waals surface area contributed by atoms with Crippen molar-refractivity contribution in [2.45, 2.75) is 22.6 Å². The van der Waals surface area contributed by atoms with Gasteiger partial charge in [-0.3, -0.25) is 4.79 Å². The number of para-hydroxylation sites is 1. The number of hydrogen-bond donors (Lipinski definition) is 1. The quantitative estimate of drug-likeness (QED) is 0.525. The molecule has 29 heavy (non-hydrogen) atoms. The second-order valence-corrected chi connectivity index (χ2v) is 9.72. The fourth-order valence-corrected chi connectivity index (χ4v) is 5.41. The van der Waals surface area contributed by atoms with Gasteiger partial charge in [-0.1, -0.05) is 18.2 Å². The first-order valence-electron chi connectivity index (χ1n) is 9.31. The van der Waals surface area contributed by atoms with Crippen molar-refractivity contribution in [2.75, 3.05) is 24.2 Å². The van der Waals surface area contributed by atoms with E-state index in [-0.39, 0.29) is 29.8 Å². The maximum Gasteiger partial charge on any atom is 0.243 e. The largest absolute Gasteiger partial charge is 0.325 e. The van der Waals surface area contributed by atoms with Crippen LogP contribution >= 0.6 is 11.8 Å². The van der Waals surface area contributed by atoms with E-state index in [1.54, 1.807) is 17.8 Å². The zero-order valence-electron chi connectivity index (χ0n) is 15.9. The molecule has 3 rings (SSSR count). The lowest BCUT2D eigenvalue weighted by Crippen LogP contribution is -2.41. The Bertz CT molecular complexity index is 970. The van der Waals surface area contributed by atoms with Crippen molar-refractivity contribution >= 4 is 33.4 Å². The molecule has 2 aromatic carbocycles. The van der Waals surface area contributed by atoms with Crippen LogP contribution in [0.15, 0.2) is 71.0 Å². The lowest BCUT2D eigenvalue weighted by molar-refractivity contribution is -0.120. The summed E-state index contributed by atoms with van der Waals surface area (Å²) in [7, 11) is -3.68. The van der Waals surface area contributed by atoms with E-state index in [9.17, 15) is 17.6 Å². The number of halogens is 1. The average molecular weight is 435 g/mol. The average Bonchev–Trinajstić information content (AvgIpc) is 2.73. The van der Waals surface area contributed by atoms with Gasteiger partial charge in [-0.2, -0.15) is 4.31 Å². The van der Waals surface area contributed by atoms with Crippen molar-refractivity contribution in [3.8, 4) is 0 Å². The van der Waals surface area contributed by atoms with Crippen molar-refractivity contribution in [1.29, 1.82) is 0 Å². The van der Waals surface area contributed by atoms with E-state index >= 15 is 0 Å². The van der Waals surface area contributed by atoms with Gasteiger partial charge in [0, 0.05) is 29.7 Å². The molecule has 154 valence electrons. The molecule has 1 heterocycles. The van der Waals surface area contributed by atoms with Crippen LogP contribution in [0.5, 0.6) is 0 Å². The summed E-state index contributed by atoms with van der Waals surface area (Å²) in [6.45, 7) is 4.22. The van der Waals surface area contributed by atoms with Crippen molar-refractivity contribution in [2.24, 2.45) is 5.92 Å². The SMILES string of the molecule is C=CCSc1ccccc1NC(=O)C1CCN(S(=O)(=O)c2ccc(F)cc2)CC1. The van der Waals surface area contributed by atoms with E-state index in [1.807, 2.05) is 24.3 Å². The number of rotatable bonds is 7. The zero-order valence-corrected chi connectivity index (χ0v) is 17.5. The Morgan fingerprint density at radius 1 is 1.17 bits per heavy atom. The molecule has 0 atom stereocenters. The van der Waals surface area contributed by atoms with Crippen LogP contribution in [0, 0.1) is 11.7 Å². The standard InChI is InChI=1S/C21H23FN2O3S2/c1-2-15-28-20-6-4-3-5-19(20)23-21(25)16-11-13-24(14-12-16)29(26,27)18-9-7-17(22)8-10-18/h2-10,16H,1,11-15H2,(H,23,25). The van der Waals surface area contributed by atoms with Gasteiger partial charge >= 0.3 is 0 Å². The molecule has 0 radical (unpaired) electrons. The number of piperidine rings is 1. The minimum Gasteiger partial charge on any atom is -0.325 e. The summed E-state index contributed by atoms with van der Waals surface area (Å²) in [5, 5.41) is 2.98. The van der Waals surface area contributed by atoms with Gasteiger partial charge in [0.1, 0.15) is 5.82 Å². The molecule has 8 heteroatoms. The molecule has 0 unspecified atom stereocenters. The third kappa shape index (κ3) is 5.26. The topological polar surface area (TPSA) is 66.5 Å². The van der Waals surface area contributed by atoms with Gasteiger partial charge in [-0.05, 0) is 49.2 Å². The fraction of sp³-hybridized carbons (Fsp3) is 0.286. The lowest BCUT2D eigenvalue weighted by atomic mass is 9.97. The Morgan fingerprint density at radius 3 is 2.48 bits per heavy atom. The van der Waals surface area contributed by atoms with Gasteiger partial charge in [0.15, 0.2) is 0 Å². The van der Waals surface area contributed by atoms with Crippen molar-refractivity contribution in [1.82, 2.24) is 4.31 Å². The van der Waals surface area contributed by atoms with E-state index in [0.717, 1.165) is 28.5 Å². The monoisotopic (exact) mass is 434 g/mol. The normalized spacial score (nSPS) is 15.8. The number of sulfonamides is 1. The fourth-order valence-electron chi connectivity index (χ4n) is 3.19. The number of thioether (sulfide) groups is 1. The first kappa shape index (κ1) is 21.5. The van der Waals surface area contributed by atoms with Crippen LogP contribution in [-0.2, 0) is 14.8 Å². The molecule has 0 aliphatic carbocycles. The maximum absolute atomic E-state index is 13.1. The molecule has 0 aromatic heterocycles. The van der Waals surface area contributed by atoms with Crippen LogP contribution < -0.4 is 5.32 Å². The summed E-state index contributed by atoms with van der Waals surface area (Å²) in [4.78, 5) is 13.7. The highest BCUT2D eigenvalue weighted by Crippen LogP contribution is 2.29. The van der Waals surface area contributed by atoms with Gasteiger partial charge in [0.2, 0.25) is 15.9 Å². The zero-order chi connectivity index (χ0) is 20.9. The number of hydrogen-bond acceptors (Lipinski definition) is 4. The second kappa shape index (κ2) is 9.56. The third-order valence-electron chi connectivity index (χ3n) is 4.78. The molecule has 1 aliphatic rings. The Kier molecular flexibility index (Phi) is 7.10. The number of carbonyl (C=O) groups excluding carboxylic acids is 1. The minimum atomic E-state index is -3.68. The Morgan fingerprint density at radius 2 is 1.83 bits per heavy atom. The molecule has 0 spiro atoms. The molecular weight excluding hydrogens is 411 g/mol. The summed E-state index contributed by atoms with van der Waals surface area (Å²) >= 11 is 1.59. The highest BCUT2D eigenvalue weighted by Gasteiger charge is 2.32. The summed E-state index contributed by atoms with van der Waals surface area (Å²) in [6.07, 6.45) is 2.68. The molecule has 5 nitrogen and oxygen atoms in total. The Balaban J connectivity index is 1.61. The van der Waals surface area contributed by atoms with Crippen LogP contribution in [0.2, 0.25) is 0 Å². The molecule has 1 fully saturated rings. The lowest BCUT2D eigenvalue weighted by Gasteiger charge is -2.30. The van der Waals surface area contributed by atoms with Gasteiger partial charge in [-0.25, -0.2) is 12.8 Å². The molecule has 1 saturated heterocycles. The second-order valence-electron chi connectivity index (χ2n) is 6.72. The van der Waals surface area contributed by atoms with Gasteiger partial charge in [0.25, 0.3) is 0 Å². The molecule has 0 bridgehead atoms. The highest BCUT2D eigenvalue weighted by atomic mass is 32.2. The van der Waals surface area contributed by atoms with Crippen LogP contribution in [0.25, 0.3) is 0 Å². The van der Waals surface area contributed by atoms with Gasteiger partial charge in [0.05, 0.1) is 10.6 Å². The summed E-state index contributed by atoms with van der Waals surface area (Å²) < 4.78 is 39.8. The molecule has 1 aliphatic heterocycles. The van der Waals surface area contributed by atoms with Crippen molar-refractivity contribution in [3.05, 3.63) is 67.0 Å². The molecule has 1 N–H and O–H groups in total. The van der Waals surface area contributed by atoms with Crippen LogP contribution in [0.3, 0.4) is 0 Å². The molecule has 1 amide bonds. The van der Waals surface area contributed by atoms with E-state index in [4.69, 9.17) is 0 Å². The van der Waals surface area contributed by atoms with E-state index in [0.29, 0.717) is 12.8 Å². The van der Waals surface area contributed by atoms with E-state index in [1.165, 1.54) is 16.4 Å². The number of amides is 1. The molecular formula is C21H23FN2O3S2.